The van der Waals surface area contributed by atoms with E-state index < -0.39 is 0 Å². The maximum Gasteiger partial charge on any atom is 0.228 e. The van der Waals surface area contributed by atoms with E-state index in [2.05, 4.69) is 10.3 Å². The van der Waals surface area contributed by atoms with Crippen LogP contribution in [0.3, 0.4) is 0 Å². The third-order valence-electron chi connectivity index (χ3n) is 3.89. The first-order valence-electron chi connectivity index (χ1n) is 7.15. The Hall–Kier alpha value is -1.92. The van der Waals surface area contributed by atoms with Crippen molar-refractivity contribution in [2.45, 2.75) is 25.8 Å². The molecule has 0 radical (unpaired) electrons. The number of hydrogen-bond acceptors (Lipinski definition) is 4. The van der Waals surface area contributed by atoms with Gasteiger partial charge in [-0.05, 0) is 25.5 Å². The fourth-order valence-electron chi connectivity index (χ4n) is 2.61. The molecule has 1 saturated heterocycles. The van der Waals surface area contributed by atoms with Crippen molar-refractivity contribution >= 4 is 18.3 Å². The molecule has 1 amide bonds. The van der Waals surface area contributed by atoms with Gasteiger partial charge >= 0.3 is 0 Å². The Morgan fingerprint density at radius 2 is 2.09 bits per heavy atom. The molecule has 0 saturated carbocycles. The molecule has 6 nitrogen and oxygen atoms in total. The molecule has 118 valence electrons. The first kappa shape index (κ1) is 16.5. The highest BCUT2D eigenvalue weighted by Gasteiger charge is 2.25. The number of likely N-dealkylation sites (tertiary alicyclic amines) is 1. The third kappa shape index (κ3) is 3.28. The first-order chi connectivity index (χ1) is 10.1. The van der Waals surface area contributed by atoms with E-state index in [0.29, 0.717) is 6.54 Å². The number of benzene rings is 1. The quantitative estimate of drug-likeness (QED) is 0.918. The van der Waals surface area contributed by atoms with Gasteiger partial charge in [0, 0.05) is 19.1 Å². The fourth-order valence-corrected chi connectivity index (χ4v) is 2.61. The van der Waals surface area contributed by atoms with Gasteiger partial charge in [0.15, 0.2) is 0 Å². The van der Waals surface area contributed by atoms with Gasteiger partial charge in [-0.2, -0.15) is 0 Å². The highest BCUT2D eigenvalue weighted by Crippen LogP contribution is 2.14. The summed E-state index contributed by atoms with van der Waals surface area (Å²) in [6, 6.07) is 9.89. The second-order valence-electron chi connectivity index (χ2n) is 5.43. The Morgan fingerprint density at radius 3 is 2.73 bits per heavy atom. The summed E-state index contributed by atoms with van der Waals surface area (Å²) in [4.78, 5) is 14.1. The van der Waals surface area contributed by atoms with E-state index in [0.717, 1.165) is 30.0 Å². The lowest BCUT2D eigenvalue weighted by Gasteiger charge is -2.14. The molecule has 0 spiro atoms. The SMILES string of the molecule is Cc1c(CC(=O)N2CC[C@@H](N)C2)nnn1-c1ccccc1.Cl. The number of rotatable bonds is 3. The number of carbonyl (C=O) groups is 1. The smallest absolute Gasteiger partial charge is 0.228 e. The van der Waals surface area contributed by atoms with Crippen LogP contribution >= 0.6 is 12.4 Å². The monoisotopic (exact) mass is 321 g/mol. The van der Waals surface area contributed by atoms with Crippen molar-refractivity contribution in [3.8, 4) is 5.69 Å². The van der Waals surface area contributed by atoms with Crippen LogP contribution in [0.15, 0.2) is 30.3 Å². The van der Waals surface area contributed by atoms with Gasteiger partial charge in [0.05, 0.1) is 23.5 Å². The van der Waals surface area contributed by atoms with Gasteiger partial charge in [-0.3, -0.25) is 4.79 Å². The average Bonchev–Trinajstić information content (AvgIpc) is 3.07. The lowest BCUT2D eigenvalue weighted by atomic mass is 10.2. The molecule has 0 bridgehead atoms. The average molecular weight is 322 g/mol. The maximum absolute atomic E-state index is 12.3. The summed E-state index contributed by atoms with van der Waals surface area (Å²) in [5.41, 5.74) is 8.42. The third-order valence-corrected chi connectivity index (χ3v) is 3.89. The summed E-state index contributed by atoms with van der Waals surface area (Å²) in [5, 5.41) is 8.31. The summed E-state index contributed by atoms with van der Waals surface area (Å²) in [6.07, 6.45) is 1.16. The molecule has 1 aliphatic rings. The van der Waals surface area contributed by atoms with Crippen LogP contribution in [-0.2, 0) is 11.2 Å². The second-order valence-corrected chi connectivity index (χ2v) is 5.43. The molecule has 2 N–H and O–H groups in total. The van der Waals surface area contributed by atoms with Crippen molar-refractivity contribution in [2.24, 2.45) is 5.73 Å². The largest absolute Gasteiger partial charge is 0.341 e. The van der Waals surface area contributed by atoms with Crippen LogP contribution in [0.2, 0.25) is 0 Å². The van der Waals surface area contributed by atoms with Gasteiger partial charge in [0.2, 0.25) is 5.91 Å². The molecule has 0 aliphatic carbocycles. The molecule has 2 heterocycles. The molecule has 2 aromatic rings. The molecule has 7 heteroatoms. The second kappa shape index (κ2) is 6.89. The van der Waals surface area contributed by atoms with Crippen LogP contribution in [0.5, 0.6) is 0 Å². The fraction of sp³-hybridized carbons (Fsp3) is 0.400. The summed E-state index contributed by atoms with van der Waals surface area (Å²) in [7, 11) is 0. The van der Waals surface area contributed by atoms with Crippen molar-refractivity contribution in [1.29, 1.82) is 0 Å². The molecule has 22 heavy (non-hydrogen) atoms. The Balaban J connectivity index is 0.00000176. The van der Waals surface area contributed by atoms with Gasteiger partial charge in [-0.15, -0.1) is 17.5 Å². The Morgan fingerprint density at radius 1 is 1.36 bits per heavy atom. The maximum atomic E-state index is 12.3. The number of carbonyl (C=O) groups excluding carboxylic acids is 1. The Kier molecular flexibility index (Phi) is 5.15. The van der Waals surface area contributed by atoms with Gasteiger partial charge < -0.3 is 10.6 Å². The van der Waals surface area contributed by atoms with Crippen molar-refractivity contribution in [2.75, 3.05) is 13.1 Å². The molecule has 1 atom stereocenters. The van der Waals surface area contributed by atoms with E-state index in [1.165, 1.54) is 0 Å². The summed E-state index contributed by atoms with van der Waals surface area (Å²) in [6.45, 7) is 3.32. The van der Waals surface area contributed by atoms with Gasteiger partial charge in [0.25, 0.3) is 0 Å². The predicted molar refractivity (Wildman–Crippen MR) is 86.2 cm³/mol. The number of nitrogens with zero attached hydrogens (tertiary/aromatic N) is 4. The van der Waals surface area contributed by atoms with E-state index in [1.54, 1.807) is 4.68 Å². The van der Waals surface area contributed by atoms with E-state index >= 15 is 0 Å². The zero-order valence-corrected chi connectivity index (χ0v) is 13.3. The van der Waals surface area contributed by atoms with E-state index in [-0.39, 0.29) is 30.8 Å². The number of hydrogen-bond donors (Lipinski definition) is 1. The number of aromatic nitrogens is 3. The van der Waals surface area contributed by atoms with E-state index in [9.17, 15) is 4.79 Å². The van der Waals surface area contributed by atoms with Crippen LogP contribution in [-0.4, -0.2) is 44.9 Å². The molecule has 1 aromatic carbocycles. The van der Waals surface area contributed by atoms with Crippen molar-refractivity contribution in [3.63, 3.8) is 0 Å². The molecule has 1 aliphatic heterocycles. The Bertz CT molecular complexity index is 643. The minimum absolute atomic E-state index is 0. The van der Waals surface area contributed by atoms with Gasteiger partial charge in [-0.1, -0.05) is 23.4 Å². The Labute approximate surface area is 135 Å². The molecule has 1 fully saturated rings. The van der Waals surface area contributed by atoms with E-state index in [4.69, 9.17) is 5.73 Å². The minimum Gasteiger partial charge on any atom is -0.341 e. The van der Waals surface area contributed by atoms with E-state index in [1.807, 2.05) is 42.2 Å². The van der Waals surface area contributed by atoms with Crippen LogP contribution in [0.25, 0.3) is 5.69 Å². The number of halogens is 1. The summed E-state index contributed by atoms with van der Waals surface area (Å²) in [5.74, 6) is 0.0751. The number of para-hydroxylation sites is 1. The zero-order chi connectivity index (χ0) is 14.8. The topological polar surface area (TPSA) is 77.0 Å². The summed E-state index contributed by atoms with van der Waals surface area (Å²) >= 11 is 0. The van der Waals surface area contributed by atoms with Crippen molar-refractivity contribution in [3.05, 3.63) is 41.7 Å². The lowest BCUT2D eigenvalue weighted by molar-refractivity contribution is -0.129. The molecule has 0 unspecified atom stereocenters. The normalized spacial score (nSPS) is 17.4. The number of nitrogens with two attached hydrogens (primary N) is 1. The van der Waals surface area contributed by atoms with Crippen molar-refractivity contribution in [1.82, 2.24) is 19.9 Å². The lowest BCUT2D eigenvalue weighted by Crippen LogP contribution is -2.33. The number of amides is 1. The zero-order valence-electron chi connectivity index (χ0n) is 12.5. The highest BCUT2D eigenvalue weighted by molar-refractivity contribution is 5.85. The van der Waals surface area contributed by atoms with Gasteiger partial charge in [0.1, 0.15) is 0 Å². The van der Waals surface area contributed by atoms with Crippen LogP contribution < -0.4 is 5.73 Å². The summed E-state index contributed by atoms with van der Waals surface area (Å²) < 4.78 is 1.76. The molecule has 3 rings (SSSR count). The molecular weight excluding hydrogens is 302 g/mol. The van der Waals surface area contributed by atoms with Crippen molar-refractivity contribution < 1.29 is 4.79 Å². The first-order valence-corrected chi connectivity index (χ1v) is 7.15. The van der Waals surface area contributed by atoms with Crippen LogP contribution in [0.1, 0.15) is 17.8 Å². The van der Waals surface area contributed by atoms with Gasteiger partial charge in [-0.25, -0.2) is 4.68 Å². The van der Waals surface area contributed by atoms with Crippen LogP contribution in [0.4, 0.5) is 0 Å². The molecule has 1 aromatic heterocycles. The molecular formula is C15H20ClN5O. The highest BCUT2D eigenvalue weighted by atomic mass is 35.5. The standard InChI is InChI=1S/C15H19N5O.ClH/c1-11-14(9-15(21)19-8-7-12(16)10-19)17-18-20(11)13-5-3-2-4-6-13;/h2-6,12H,7-10,16H2,1H3;1H/t12-;/m1./s1. The predicted octanol–water partition coefficient (Wildman–Crippen LogP) is 1.10. The van der Waals surface area contributed by atoms with Crippen LogP contribution in [0, 0.1) is 6.92 Å². The minimum atomic E-state index is 0.